The fourth-order valence-electron chi connectivity index (χ4n) is 3.05. The van der Waals surface area contributed by atoms with E-state index in [1.54, 1.807) is 0 Å². The Morgan fingerprint density at radius 2 is 1.71 bits per heavy atom. The smallest absolute Gasteiger partial charge is 0.244 e. The van der Waals surface area contributed by atoms with Crippen molar-refractivity contribution < 1.29 is 4.74 Å². The zero-order valence-electron chi connectivity index (χ0n) is 12.7. The van der Waals surface area contributed by atoms with Gasteiger partial charge in [0.2, 0.25) is 11.8 Å². The minimum atomic E-state index is -0.311. The topological polar surface area (TPSA) is 87.7 Å². The molecule has 0 spiro atoms. The highest BCUT2D eigenvalue weighted by atomic mass is 16.5. The summed E-state index contributed by atoms with van der Waals surface area (Å²) in [7, 11) is 0. The van der Waals surface area contributed by atoms with Crippen LogP contribution in [0, 0.1) is 11.3 Å². The highest BCUT2D eigenvalue weighted by molar-refractivity contribution is 5.70. The average molecular weight is 314 g/mol. The molecule has 0 amide bonds. The monoisotopic (exact) mass is 314 g/mol. The molecule has 1 aliphatic rings. The van der Waals surface area contributed by atoms with Crippen LogP contribution in [0.15, 0.2) is 72.1 Å². The molecule has 116 valence electrons. The lowest BCUT2D eigenvalue weighted by molar-refractivity contribution is 0.379. The van der Waals surface area contributed by atoms with Gasteiger partial charge in [0.1, 0.15) is 11.6 Å². The third-order valence-electron chi connectivity index (χ3n) is 4.13. The molecule has 0 bridgehead atoms. The molecule has 1 aliphatic heterocycles. The highest BCUT2D eigenvalue weighted by Crippen LogP contribution is 2.45. The van der Waals surface area contributed by atoms with Crippen molar-refractivity contribution in [3.05, 3.63) is 83.2 Å². The first-order valence-corrected chi connectivity index (χ1v) is 7.56. The van der Waals surface area contributed by atoms with Gasteiger partial charge in [0.25, 0.3) is 0 Å². The number of ether oxygens (including phenoxy) is 1. The number of nitriles is 1. The van der Waals surface area contributed by atoms with Gasteiger partial charge in [-0.25, -0.2) is 0 Å². The van der Waals surface area contributed by atoms with Gasteiger partial charge in [-0.2, -0.15) is 5.26 Å². The maximum absolute atomic E-state index is 9.62. The first-order valence-electron chi connectivity index (χ1n) is 7.56. The van der Waals surface area contributed by atoms with Crippen LogP contribution in [0.25, 0.3) is 11.3 Å². The normalized spacial score (nSPS) is 16.2. The number of aromatic nitrogens is 2. The molecule has 0 aliphatic carbocycles. The Morgan fingerprint density at radius 3 is 2.38 bits per heavy atom. The first-order chi connectivity index (χ1) is 11.8. The van der Waals surface area contributed by atoms with Crippen molar-refractivity contribution in [2.45, 2.75) is 5.92 Å². The molecule has 3 aromatic rings. The van der Waals surface area contributed by atoms with Gasteiger partial charge < -0.3 is 10.5 Å². The second kappa shape index (κ2) is 5.60. The quantitative estimate of drug-likeness (QED) is 0.759. The Morgan fingerprint density at radius 1 is 1.04 bits per heavy atom. The predicted octanol–water partition coefficient (Wildman–Crippen LogP) is 3.29. The Kier molecular flexibility index (Phi) is 3.29. The molecule has 2 aromatic carbocycles. The summed E-state index contributed by atoms with van der Waals surface area (Å²) in [6, 6.07) is 21.8. The minimum absolute atomic E-state index is 0.102. The van der Waals surface area contributed by atoms with E-state index in [1.807, 2.05) is 60.7 Å². The van der Waals surface area contributed by atoms with Crippen molar-refractivity contribution in [1.29, 1.82) is 5.26 Å². The van der Waals surface area contributed by atoms with E-state index in [0.717, 1.165) is 22.4 Å². The molecule has 0 radical (unpaired) electrons. The summed E-state index contributed by atoms with van der Waals surface area (Å²) < 4.78 is 5.58. The number of nitrogens with one attached hydrogen (secondary N) is 1. The zero-order valence-corrected chi connectivity index (χ0v) is 12.7. The van der Waals surface area contributed by atoms with Crippen LogP contribution in [-0.2, 0) is 0 Å². The molecule has 1 aromatic heterocycles. The van der Waals surface area contributed by atoms with Crippen molar-refractivity contribution in [3.63, 3.8) is 0 Å². The van der Waals surface area contributed by atoms with E-state index in [1.165, 1.54) is 0 Å². The highest BCUT2D eigenvalue weighted by Gasteiger charge is 2.35. The number of aromatic amines is 1. The number of benzene rings is 2. The average Bonchev–Trinajstić information content (AvgIpc) is 3.05. The van der Waals surface area contributed by atoms with Gasteiger partial charge in [-0.05, 0) is 11.1 Å². The van der Waals surface area contributed by atoms with E-state index >= 15 is 0 Å². The second-order valence-corrected chi connectivity index (χ2v) is 5.52. The second-order valence-electron chi connectivity index (χ2n) is 5.52. The van der Waals surface area contributed by atoms with Gasteiger partial charge in [-0.15, -0.1) is 5.10 Å². The van der Waals surface area contributed by atoms with E-state index in [4.69, 9.17) is 10.5 Å². The summed E-state index contributed by atoms with van der Waals surface area (Å²) in [6.45, 7) is 0. The Balaban J connectivity index is 1.96. The van der Waals surface area contributed by atoms with Crippen molar-refractivity contribution in [3.8, 4) is 23.2 Å². The van der Waals surface area contributed by atoms with E-state index < -0.39 is 0 Å². The van der Waals surface area contributed by atoms with Crippen LogP contribution in [0.3, 0.4) is 0 Å². The number of hydrogen-bond donors (Lipinski definition) is 2. The SMILES string of the molecule is N#CC1=C(N)Oc2n[nH]c(-c3ccccc3)c2[C@H]1c1ccccc1. The standard InChI is InChI=1S/C19H14N4O/c20-11-14-15(12-7-3-1-4-8-12)16-17(13-9-5-2-6-10-13)22-23-19(16)24-18(14)21/h1-10,15H,21H2,(H,22,23)/t15-/m0/s1. The molecular formula is C19H14N4O. The third kappa shape index (κ3) is 2.13. The summed E-state index contributed by atoms with van der Waals surface area (Å²) >= 11 is 0. The van der Waals surface area contributed by atoms with Gasteiger partial charge in [-0.3, -0.25) is 5.10 Å². The van der Waals surface area contributed by atoms with Crippen LogP contribution in [-0.4, -0.2) is 10.2 Å². The Labute approximate surface area is 139 Å². The van der Waals surface area contributed by atoms with Crippen LogP contribution < -0.4 is 10.5 Å². The first kappa shape index (κ1) is 14.1. The number of hydrogen-bond acceptors (Lipinski definition) is 4. The number of allylic oxidation sites excluding steroid dienone is 1. The van der Waals surface area contributed by atoms with Crippen LogP contribution in [0.1, 0.15) is 17.0 Å². The summed E-state index contributed by atoms with van der Waals surface area (Å²) in [5.74, 6) is 0.207. The molecule has 3 N–H and O–H groups in total. The van der Waals surface area contributed by atoms with E-state index in [2.05, 4.69) is 16.3 Å². The third-order valence-corrected chi connectivity index (χ3v) is 4.13. The number of H-pyrrole nitrogens is 1. The Bertz CT molecular complexity index is 952. The lowest BCUT2D eigenvalue weighted by atomic mass is 9.83. The number of fused-ring (bicyclic) bond motifs is 1. The summed E-state index contributed by atoms with van der Waals surface area (Å²) in [4.78, 5) is 0. The van der Waals surface area contributed by atoms with Crippen molar-refractivity contribution in [2.24, 2.45) is 5.73 Å². The van der Waals surface area contributed by atoms with Gasteiger partial charge in [0.05, 0.1) is 17.2 Å². The molecule has 0 saturated carbocycles. The lowest BCUT2D eigenvalue weighted by Gasteiger charge is -2.24. The maximum Gasteiger partial charge on any atom is 0.244 e. The molecule has 0 fully saturated rings. The van der Waals surface area contributed by atoms with E-state index in [0.29, 0.717) is 11.5 Å². The molecular weight excluding hydrogens is 300 g/mol. The zero-order chi connectivity index (χ0) is 16.5. The largest absolute Gasteiger partial charge is 0.420 e. The van der Waals surface area contributed by atoms with Crippen molar-refractivity contribution in [2.75, 3.05) is 0 Å². The summed E-state index contributed by atoms with van der Waals surface area (Å²) in [6.07, 6.45) is 0. The molecule has 0 unspecified atom stereocenters. The number of nitrogens with zero attached hydrogens (tertiary/aromatic N) is 2. The van der Waals surface area contributed by atoms with Gasteiger partial charge >= 0.3 is 0 Å². The molecule has 4 rings (SSSR count). The van der Waals surface area contributed by atoms with Gasteiger partial charge in [0, 0.05) is 0 Å². The maximum atomic E-state index is 9.62. The molecule has 5 nitrogen and oxygen atoms in total. The van der Waals surface area contributed by atoms with Crippen LogP contribution in [0.2, 0.25) is 0 Å². The summed E-state index contributed by atoms with van der Waals surface area (Å²) in [5, 5.41) is 16.9. The van der Waals surface area contributed by atoms with Crippen LogP contribution in [0.5, 0.6) is 5.88 Å². The molecule has 0 saturated heterocycles. The molecule has 24 heavy (non-hydrogen) atoms. The Hall–Kier alpha value is -3.52. The predicted molar refractivity (Wildman–Crippen MR) is 89.8 cm³/mol. The van der Waals surface area contributed by atoms with Gasteiger partial charge in [0.15, 0.2) is 0 Å². The van der Waals surface area contributed by atoms with Crippen LogP contribution in [0.4, 0.5) is 0 Å². The minimum Gasteiger partial charge on any atom is -0.420 e. The van der Waals surface area contributed by atoms with Crippen molar-refractivity contribution >= 4 is 0 Å². The van der Waals surface area contributed by atoms with Crippen molar-refractivity contribution in [1.82, 2.24) is 10.2 Å². The molecule has 2 heterocycles. The van der Waals surface area contributed by atoms with E-state index in [9.17, 15) is 5.26 Å². The molecule has 5 heteroatoms. The number of nitrogens with two attached hydrogens (primary N) is 1. The summed E-state index contributed by atoms with van der Waals surface area (Å²) in [5.41, 5.74) is 9.97. The lowest BCUT2D eigenvalue weighted by Crippen LogP contribution is -2.20. The fraction of sp³-hybridized carbons (Fsp3) is 0.0526. The number of rotatable bonds is 2. The van der Waals surface area contributed by atoms with Gasteiger partial charge in [-0.1, -0.05) is 60.7 Å². The molecule has 1 atom stereocenters. The fourth-order valence-corrected chi connectivity index (χ4v) is 3.05. The van der Waals surface area contributed by atoms with E-state index in [-0.39, 0.29) is 11.8 Å². The van der Waals surface area contributed by atoms with Crippen LogP contribution >= 0.6 is 0 Å².